The number of anilines is 2. The van der Waals surface area contributed by atoms with Gasteiger partial charge < -0.3 is 10.1 Å². The fraction of sp³-hybridized carbons (Fsp3) is 0.167. The third-order valence-corrected chi connectivity index (χ3v) is 7.02. The maximum Gasteiger partial charge on any atom is 0.264 e. The van der Waals surface area contributed by atoms with Gasteiger partial charge in [0.15, 0.2) is 6.61 Å². The molecule has 0 fully saturated rings. The van der Waals surface area contributed by atoms with Crippen LogP contribution >= 0.6 is 0 Å². The number of sulfonamides is 1. The van der Waals surface area contributed by atoms with E-state index in [4.69, 9.17) is 10.00 Å². The van der Waals surface area contributed by atoms with Gasteiger partial charge >= 0.3 is 0 Å². The standard InChI is InChI=1S/C24H21N3O4S/c25-15-17-31-21-11-9-20(10-12-21)26-24(28)19-7-13-22(14-8-19)32(29,30)27-16-3-5-18-4-1-2-6-23(18)27/h1-2,4,6-14H,3,5,16-17H2,(H,26,28). The van der Waals surface area contributed by atoms with Gasteiger partial charge in [-0.05, 0) is 73.0 Å². The molecule has 0 saturated heterocycles. The highest BCUT2D eigenvalue weighted by Crippen LogP contribution is 2.31. The second-order valence-corrected chi connectivity index (χ2v) is 9.12. The zero-order valence-corrected chi connectivity index (χ0v) is 18.0. The highest BCUT2D eigenvalue weighted by Gasteiger charge is 2.28. The van der Waals surface area contributed by atoms with Crippen molar-refractivity contribution >= 4 is 27.3 Å². The lowest BCUT2D eigenvalue weighted by Crippen LogP contribution is -2.35. The Kier molecular flexibility index (Phi) is 6.10. The van der Waals surface area contributed by atoms with Gasteiger partial charge in [-0.25, -0.2) is 8.42 Å². The van der Waals surface area contributed by atoms with Crippen LogP contribution in [0, 0.1) is 11.3 Å². The van der Waals surface area contributed by atoms with E-state index in [0.717, 1.165) is 18.4 Å². The summed E-state index contributed by atoms with van der Waals surface area (Å²) < 4.78 is 33.1. The molecule has 162 valence electrons. The lowest BCUT2D eigenvalue weighted by molar-refractivity contribution is 0.102. The average Bonchev–Trinajstić information content (AvgIpc) is 2.83. The van der Waals surface area contributed by atoms with Crippen molar-refractivity contribution in [2.75, 3.05) is 22.8 Å². The van der Waals surface area contributed by atoms with E-state index < -0.39 is 10.0 Å². The van der Waals surface area contributed by atoms with Gasteiger partial charge in [0.2, 0.25) is 0 Å². The quantitative estimate of drug-likeness (QED) is 0.616. The highest BCUT2D eigenvalue weighted by atomic mass is 32.2. The number of hydrogen-bond donors (Lipinski definition) is 1. The molecule has 3 aromatic rings. The zero-order chi connectivity index (χ0) is 22.6. The summed E-state index contributed by atoms with van der Waals surface area (Å²) in [4.78, 5) is 12.7. The number of carbonyl (C=O) groups is 1. The van der Waals surface area contributed by atoms with E-state index in [0.29, 0.717) is 29.2 Å². The first-order valence-electron chi connectivity index (χ1n) is 10.1. The van der Waals surface area contributed by atoms with Crippen molar-refractivity contribution in [2.45, 2.75) is 17.7 Å². The van der Waals surface area contributed by atoms with Crippen LogP contribution in [-0.4, -0.2) is 27.5 Å². The third-order valence-electron chi connectivity index (χ3n) is 5.19. The van der Waals surface area contributed by atoms with Crippen LogP contribution < -0.4 is 14.4 Å². The summed E-state index contributed by atoms with van der Waals surface area (Å²) in [7, 11) is -3.72. The first kappa shape index (κ1) is 21.4. The molecule has 0 saturated carbocycles. The molecule has 0 atom stereocenters. The molecule has 1 aliphatic rings. The second kappa shape index (κ2) is 9.12. The number of para-hydroxylation sites is 1. The predicted molar refractivity (Wildman–Crippen MR) is 121 cm³/mol. The van der Waals surface area contributed by atoms with Crippen LogP contribution in [0.15, 0.2) is 77.7 Å². The third kappa shape index (κ3) is 4.43. The second-order valence-electron chi connectivity index (χ2n) is 7.26. The molecule has 32 heavy (non-hydrogen) atoms. The molecule has 0 bridgehead atoms. The molecule has 4 rings (SSSR count). The lowest BCUT2D eigenvalue weighted by atomic mass is 10.0. The monoisotopic (exact) mass is 447 g/mol. The largest absolute Gasteiger partial charge is 0.479 e. The van der Waals surface area contributed by atoms with Crippen LogP contribution in [0.1, 0.15) is 22.3 Å². The van der Waals surface area contributed by atoms with E-state index in [9.17, 15) is 13.2 Å². The molecular formula is C24H21N3O4S. The fourth-order valence-corrected chi connectivity index (χ4v) is 5.15. The predicted octanol–water partition coefficient (Wildman–Crippen LogP) is 3.98. The molecule has 8 heteroatoms. The Labute approximate surface area is 186 Å². The zero-order valence-electron chi connectivity index (χ0n) is 17.2. The topological polar surface area (TPSA) is 99.5 Å². The SMILES string of the molecule is N#CCOc1ccc(NC(=O)c2ccc(S(=O)(=O)N3CCCc4ccccc43)cc2)cc1. The average molecular weight is 448 g/mol. The molecule has 0 aromatic heterocycles. The van der Waals surface area contributed by atoms with Crippen LogP contribution in [0.5, 0.6) is 5.75 Å². The Balaban J connectivity index is 1.48. The number of nitriles is 1. The number of nitrogens with one attached hydrogen (secondary N) is 1. The van der Waals surface area contributed by atoms with Gasteiger partial charge in [0, 0.05) is 17.8 Å². The van der Waals surface area contributed by atoms with Gasteiger partial charge in [-0.3, -0.25) is 9.10 Å². The van der Waals surface area contributed by atoms with Crippen molar-refractivity contribution in [1.29, 1.82) is 5.26 Å². The number of fused-ring (bicyclic) bond motifs is 1. The summed E-state index contributed by atoms with van der Waals surface area (Å²) in [5.74, 6) is 0.168. The maximum atomic E-state index is 13.2. The molecular weight excluding hydrogens is 426 g/mol. The summed E-state index contributed by atoms with van der Waals surface area (Å²) in [5, 5.41) is 11.3. The van der Waals surface area contributed by atoms with Gasteiger partial charge in [-0.1, -0.05) is 18.2 Å². The van der Waals surface area contributed by atoms with Crippen LogP contribution in [-0.2, 0) is 16.4 Å². The van der Waals surface area contributed by atoms with E-state index in [1.54, 1.807) is 24.3 Å². The number of amides is 1. The summed E-state index contributed by atoms with van der Waals surface area (Å²) >= 11 is 0. The van der Waals surface area contributed by atoms with Crippen LogP contribution in [0.25, 0.3) is 0 Å². The number of rotatable bonds is 6. The molecule has 3 aromatic carbocycles. The Morgan fingerprint density at radius 3 is 2.47 bits per heavy atom. The van der Waals surface area contributed by atoms with Gasteiger partial charge in [0.05, 0.1) is 10.6 Å². The molecule has 1 N–H and O–H groups in total. The van der Waals surface area contributed by atoms with E-state index >= 15 is 0 Å². The van der Waals surface area contributed by atoms with Gasteiger partial charge in [-0.15, -0.1) is 0 Å². The Hall–Kier alpha value is -3.83. The first-order valence-corrected chi connectivity index (χ1v) is 11.5. The van der Waals surface area contributed by atoms with E-state index in [1.165, 1.54) is 28.6 Å². The molecule has 0 aliphatic carbocycles. The first-order chi connectivity index (χ1) is 15.5. The normalized spacial score (nSPS) is 13.0. The molecule has 1 heterocycles. The summed E-state index contributed by atoms with van der Waals surface area (Å²) in [6.45, 7) is 0.375. The van der Waals surface area contributed by atoms with Crippen molar-refractivity contribution < 1.29 is 17.9 Å². The van der Waals surface area contributed by atoms with E-state index in [1.807, 2.05) is 30.3 Å². The lowest BCUT2D eigenvalue weighted by Gasteiger charge is -2.30. The minimum absolute atomic E-state index is 0.0516. The molecule has 0 unspecified atom stereocenters. The van der Waals surface area contributed by atoms with Crippen molar-refractivity contribution in [3.63, 3.8) is 0 Å². The van der Waals surface area contributed by atoms with Gasteiger partial charge in [-0.2, -0.15) is 5.26 Å². The number of aryl methyl sites for hydroxylation is 1. The molecule has 1 aliphatic heterocycles. The van der Waals surface area contributed by atoms with Crippen LogP contribution in [0.4, 0.5) is 11.4 Å². The number of benzene rings is 3. The Morgan fingerprint density at radius 1 is 1.03 bits per heavy atom. The molecule has 7 nitrogen and oxygen atoms in total. The van der Waals surface area contributed by atoms with Gasteiger partial charge in [0.1, 0.15) is 11.8 Å². The Bertz CT molecular complexity index is 1260. The van der Waals surface area contributed by atoms with E-state index in [2.05, 4.69) is 5.32 Å². The van der Waals surface area contributed by atoms with Crippen LogP contribution in [0.3, 0.4) is 0 Å². The number of carbonyl (C=O) groups excluding carboxylic acids is 1. The molecule has 0 radical (unpaired) electrons. The summed E-state index contributed by atoms with van der Waals surface area (Å²) in [5.41, 5.74) is 2.62. The van der Waals surface area contributed by atoms with Crippen LogP contribution in [0.2, 0.25) is 0 Å². The minimum Gasteiger partial charge on any atom is -0.479 e. The summed E-state index contributed by atoms with van der Waals surface area (Å²) in [6, 6.07) is 22.0. The summed E-state index contributed by atoms with van der Waals surface area (Å²) in [6.07, 6.45) is 1.61. The van der Waals surface area contributed by atoms with E-state index in [-0.39, 0.29) is 17.4 Å². The minimum atomic E-state index is -3.72. The van der Waals surface area contributed by atoms with Crippen molar-refractivity contribution in [3.8, 4) is 11.8 Å². The number of nitrogens with zero attached hydrogens (tertiary/aromatic N) is 2. The van der Waals surface area contributed by atoms with Gasteiger partial charge in [0.25, 0.3) is 15.9 Å². The number of hydrogen-bond acceptors (Lipinski definition) is 5. The number of ether oxygens (including phenoxy) is 1. The highest BCUT2D eigenvalue weighted by molar-refractivity contribution is 7.92. The van der Waals surface area contributed by atoms with Crippen molar-refractivity contribution in [1.82, 2.24) is 0 Å². The smallest absolute Gasteiger partial charge is 0.264 e. The Morgan fingerprint density at radius 2 is 1.75 bits per heavy atom. The molecule has 0 spiro atoms. The fourth-order valence-electron chi connectivity index (χ4n) is 3.61. The van der Waals surface area contributed by atoms with Crippen molar-refractivity contribution in [3.05, 3.63) is 83.9 Å². The molecule has 1 amide bonds. The van der Waals surface area contributed by atoms with Crippen molar-refractivity contribution in [2.24, 2.45) is 0 Å². The maximum absolute atomic E-state index is 13.2.